The lowest BCUT2D eigenvalue weighted by Gasteiger charge is -2.35. The van der Waals surface area contributed by atoms with Crippen molar-refractivity contribution in [2.45, 2.75) is 51.1 Å². The summed E-state index contributed by atoms with van der Waals surface area (Å²) in [6.07, 6.45) is 4.94. The van der Waals surface area contributed by atoms with Gasteiger partial charge in [-0.2, -0.15) is 0 Å². The third-order valence-electron chi connectivity index (χ3n) is 3.58. The lowest BCUT2D eigenvalue weighted by Crippen LogP contribution is -2.55. The van der Waals surface area contributed by atoms with Crippen molar-refractivity contribution in [1.82, 2.24) is 9.88 Å². The van der Waals surface area contributed by atoms with Crippen molar-refractivity contribution in [3.63, 3.8) is 0 Å². The summed E-state index contributed by atoms with van der Waals surface area (Å²) in [5, 5.41) is 3.04. The van der Waals surface area contributed by atoms with Crippen LogP contribution in [-0.4, -0.2) is 28.4 Å². The molecule has 0 aliphatic heterocycles. The van der Waals surface area contributed by atoms with E-state index in [1.807, 2.05) is 19.4 Å². The molecule has 0 bridgehead atoms. The fraction of sp³-hybridized carbons (Fsp3) is 0.692. The molecular weight excluding hydrogens is 317 g/mol. The maximum Gasteiger partial charge on any atom is 0.242 e. The molecule has 0 aromatic carbocycles. The van der Waals surface area contributed by atoms with Crippen LogP contribution in [0.3, 0.4) is 0 Å². The minimum atomic E-state index is -0.641. The summed E-state index contributed by atoms with van der Waals surface area (Å²) in [5.74, 6) is 0.0628. The maximum atomic E-state index is 12.4. The van der Waals surface area contributed by atoms with Gasteiger partial charge in [0, 0.05) is 12.4 Å². The first-order chi connectivity index (χ1) is 8.51. The van der Waals surface area contributed by atoms with Crippen molar-refractivity contribution >= 4 is 42.1 Å². The number of hydrogen-bond donors (Lipinski definition) is 1. The number of amides is 1. The number of nitrogens with zero attached hydrogens (tertiary/aromatic N) is 2. The van der Waals surface area contributed by atoms with E-state index in [4.69, 9.17) is 5.73 Å². The molecule has 0 saturated heterocycles. The van der Waals surface area contributed by atoms with Gasteiger partial charge in [0.15, 0.2) is 0 Å². The molecule has 4 nitrogen and oxygen atoms in total. The predicted octanol–water partition coefficient (Wildman–Crippen LogP) is 2.92. The maximum absolute atomic E-state index is 12.4. The third-order valence-corrected chi connectivity index (χ3v) is 4.41. The number of likely N-dealkylation sites (N-methyl/N-ethyl adjacent to an activating group) is 1. The largest absolute Gasteiger partial charge is 0.338 e. The van der Waals surface area contributed by atoms with E-state index in [0.717, 1.165) is 36.4 Å². The van der Waals surface area contributed by atoms with E-state index in [1.165, 1.54) is 6.42 Å². The van der Waals surface area contributed by atoms with Gasteiger partial charge in [-0.05, 0) is 19.8 Å². The van der Waals surface area contributed by atoms with Gasteiger partial charge in [0.05, 0.1) is 22.8 Å². The number of aromatic nitrogens is 1. The van der Waals surface area contributed by atoms with Crippen LogP contribution < -0.4 is 5.73 Å². The summed E-state index contributed by atoms with van der Waals surface area (Å²) < 4.78 is 0. The van der Waals surface area contributed by atoms with E-state index < -0.39 is 5.54 Å². The summed E-state index contributed by atoms with van der Waals surface area (Å²) in [7, 11) is 1.82. The number of carbonyl (C=O) groups excluding carboxylic acids is 1. The van der Waals surface area contributed by atoms with E-state index in [0.29, 0.717) is 6.54 Å². The topological polar surface area (TPSA) is 59.2 Å². The Bertz CT molecular complexity index is 433. The number of thiazole rings is 1. The number of hydrogen-bond acceptors (Lipinski definition) is 4. The molecule has 1 heterocycles. The number of aryl methyl sites for hydroxylation is 1. The summed E-state index contributed by atoms with van der Waals surface area (Å²) in [4.78, 5) is 18.5. The Balaban J connectivity index is 0.00000180. The molecule has 1 aliphatic carbocycles. The molecule has 1 saturated carbocycles. The van der Waals surface area contributed by atoms with Crippen LogP contribution in [0.4, 0.5) is 0 Å². The zero-order valence-corrected chi connectivity index (χ0v) is 14.4. The van der Waals surface area contributed by atoms with E-state index in [2.05, 4.69) is 4.98 Å². The van der Waals surface area contributed by atoms with Crippen molar-refractivity contribution in [2.75, 3.05) is 7.05 Å². The van der Waals surface area contributed by atoms with Gasteiger partial charge in [-0.1, -0.05) is 19.3 Å². The molecule has 1 aliphatic rings. The second kappa shape index (κ2) is 8.17. The van der Waals surface area contributed by atoms with Crippen molar-refractivity contribution in [3.05, 3.63) is 16.1 Å². The van der Waals surface area contributed by atoms with Crippen LogP contribution in [0.5, 0.6) is 0 Å². The van der Waals surface area contributed by atoms with Crippen molar-refractivity contribution < 1.29 is 4.79 Å². The molecule has 20 heavy (non-hydrogen) atoms. The van der Waals surface area contributed by atoms with Crippen LogP contribution in [0.1, 0.15) is 42.8 Å². The average molecular weight is 340 g/mol. The molecule has 0 atom stereocenters. The van der Waals surface area contributed by atoms with Crippen LogP contribution in [0.15, 0.2) is 5.38 Å². The minimum absolute atomic E-state index is 0. The van der Waals surface area contributed by atoms with Crippen LogP contribution in [-0.2, 0) is 11.3 Å². The second-order valence-electron chi connectivity index (χ2n) is 5.24. The molecular formula is C13H23Cl2N3OS. The van der Waals surface area contributed by atoms with Crippen molar-refractivity contribution in [2.24, 2.45) is 5.73 Å². The van der Waals surface area contributed by atoms with Crippen LogP contribution in [0.25, 0.3) is 0 Å². The molecule has 116 valence electrons. The van der Waals surface area contributed by atoms with Gasteiger partial charge in [0.25, 0.3) is 0 Å². The summed E-state index contributed by atoms with van der Waals surface area (Å²) >= 11 is 1.61. The van der Waals surface area contributed by atoms with Gasteiger partial charge in [0.2, 0.25) is 5.91 Å². The highest BCUT2D eigenvalue weighted by atomic mass is 35.5. The fourth-order valence-electron chi connectivity index (χ4n) is 2.57. The molecule has 0 spiro atoms. The number of carbonyl (C=O) groups is 1. The van der Waals surface area contributed by atoms with Crippen LogP contribution >= 0.6 is 36.2 Å². The summed E-state index contributed by atoms with van der Waals surface area (Å²) in [6, 6.07) is 0. The van der Waals surface area contributed by atoms with Gasteiger partial charge in [-0.3, -0.25) is 4.79 Å². The molecule has 0 radical (unpaired) electrons. The Morgan fingerprint density at radius 2 is 2.00 bits per heavy atom. The van der Waals surface area contributed by atoms with Crippen LogP contribution in [0.2, 0.25) is 0 Å². The Hall–Kier alpha value is -0.360. The number of rotatable bonds is 3. The summed E-state index contributed by atoms with van der Waals surface area (Å²) in [5.41, 5.74) is 6.56. The van der Waals surface area contributed by atoms with Gasteiger partial charge in [0.1, 0.15) is 0 Å². The van der Waals surface area contributed by atoms with Crippen molar-refractivity contribution in [1.29, 1.82) is 0 Å². The quantitative estimate of drug-likeness (QED) is 0.920. The fourth-order valence-corrected chi connectivity index (χ4v) is 3.18. The zero-order chi connectivity index (χ0) is 13.2. The first-order valence-corrected chi connectivity index (χ1v) is 7.35. The first-order valence-electron chi connectivity index (χ1n) is 6.47. The van der Waals surface area contributed by atoms with Gasteiger partial charge in [-0.15, -0.1) is 36.2 Å². The smallest absolute Gasteiger partial charge is 0.242 e. The van der Waals surface area contributed by atoms with Gasteiger partial charge in [-0.25, -0.2) is 4.98 Å². The Morgan fingerprint density at radius 3 is 2.50 bits per heavy atom. The molecule has 7 heteroatoms. The first kappa shape index (κ1) is 19.6. The van der Waals surface area contributed by atoms with E-state index in [1.54, 1.807) is 16.2 Å². The lowest BCUT2D eigenvalue weighted by atomic mass is 9.81. The molecule has 1 aromatic heterocycles. The average Bonchev–Trinajstić information content (AvgIpc) is 2.74. The highest BCUT2D eigenvalue weighted by molar-refractivity contribution is 7.09. The molecule has 1 amide bonds. The standard InChI is InChI=1S/C13H21N3OS.2ClH/c1-10-15-11(9-18-10)8-16(2)12(17)13(14)6-4-3-5-7-13;;/h9H,3-8,14H2,1-2H3;2*1H. The monoisotopic (exact) mass is 339 g/mol. The minimum Gasteiger partial charge on any atom is -0.338 e. The van der Waals surface area contributed by atoms with E-state index >= 15 is 0 Å². The highest BCUT2D eigenvalue weighted by Gasteiger charge is 2.37. The van der Waals surface area contributed by atoms with Crippen molar-refractivity contribution in [3.8, 4) is 0 Å². The van der Waals surface area contributed by atoms with Gasteiger partial charge < -0.3 is 10.6 Å². The molecule has 2 rings (SSSR count). The Morgan fingerprint density at radius 1 is 1.40 bits per heavy atom. The predicted molar refractivity (Wildman–Crippen MR) is 87.8 cm³/mol. The molecule has 1 fully saturated rings. The molecule has 2 N–H and O–H groups in total. The van der Waals surface area contributed by atoms with E-state index in [-0.39, 0.29) is 30.7 Å². The van der Waals surface area contributed by atoms with Gasteiger partial charge >= 0.3 is 0 Å². The molecule has 0 unspecified atom stereocenters. The SMILES string of the molecule is Cc1nc(CN(C)C(=O)C2(N)CCCCC2)cs1.Cl.Cl. The summed E-state index contributed by atoms with van der Waals surface area (Å²) in [6.45, 7) is 2.53. The third kappa shape index (κ3) is 4.58. The Labute approximate surface area is 137 Å². The van der Waals surface area contributed by atoms with Crippen LogP contribution in [0, 0.1) is 6.92 Å². The Kier molecular flexibility index (Phi) is 8.03. The van der Waals surface area contributed by atoms with E-state index in [9.17, 15) is 4.79 Å². The molecule has 1 aromatic rings. The normalized spacial score (nSPS) is 16.8. The number of nitrogens with two attached hydrogens (primary N) is 1. The highest BCUT2D eigenvalue weighted by Crippen LogP contribution is 2.27. The number of halogens is 2. The second-order valence-corrected chi connectivity index (χ2v) is 6.30. The zero-order valence-electron chi connectivity index (χ0n) is 11.9. The lowest BCUT2D eigenvalue weighted by molar-refractivity contribution is -0.137.